The van der Waals surface area contributed by atoms with Crippen LogP contribution in [0.25, 0.3) is 0 Å². The van der Waals surface area contributed by atoms with Crippen LogP contribution in [0.5, 0.6) is 0 Å². The van der Waals surface area contributed by atoms with Crippen molar-refractivity contribution in [1.82, 2.24) is 0 Å². The molecule has 0 radical (unpaired) electrons. The highest BCUT2D eigenvalue weighted by Gasteiger charge is 2.31. The molecule has 9 heavy (non-hydrogen) atoms. The summed E-state index contributed by atoms with van der Waals surface area (Å²) in [6.45, 7) is 5.54. The maximum atomic E-state index is 8.93. The lowest BCUT2D eigenvalue weighted by molar-refractivity contribution is -0.112. The standard InChI is InChI=1S/C7H12O2/c1-3-7(2)5-4-6(8)9-7/h3,6,8H,1,4-5H2,2H3/t6?,7-/m1/s1. The third-order valence-corrected chi connectivity index (χ3v) is 1.72. The summed E-state index contributed by atoms with van der Waals surface area (Å²) in [4.78, 5) is 0. The van der Waals surface area contributed by atoms with Crippen molar-refractivity contribution in [2.75, 3.05) is 0 Å². The second-order valence-corrected chi connectivity index (χ2v) is 2.63. The van der Waals surface area contributed by atoms with Gasteiger partial charge >= 0.3 is 0 Å². The molecule has 1 N–H and O–H groups in total. The van der Waals surface area contributed by atoms with Gasteiger partial charge in [-0.1, -0.05) is 6.08 Å². The summed E-state index contributed by atoms with van der Waals surface area (Å²) in [5.74, 6) is 0. The van der Waals surface area contributed by atoms with Gasteiger partial charge in [0.1, 0.15) is 0 Å². The van der Waals surface area contributed by atoms with Crippen LogP contribution in [0, 0.1) is 0 Å². The third kappa shape index (κ3) is 1.32. The highest BCUT2D eigenvalue weighted by molar-refractivity contribution is 4.96. The Labute approximate surface area is 55.1 Å². The van der Waals surface area contributed by atoms with Crippen molar-refractivity contribution >= 4 is 0 Å². The second-order valence-electron chi connectivity index (χ2n) is 2.63. The van der Waals surface area contributed by atoms with Crippen molar-refractivity contribution in [1.29, 1.82) is 0 Å². The minimum Gasteiger partial charge on any atom is -0.368 e. The molecule has 1 heterocycles. The molecule has 0 spiro atoms. The Morgan fingerprint density at radius 2 is 2.56 bits per heavy atom. The molecule has 0 bridgehead atoms. The van der Waals surface area contributed by atoms with Crippen LogP contribution in [0.3, 0.4) is 0 Å². The first kappa shape index (κ1) is 6.78. The first-order valence-electron chi connectivity index (χ1n) is 3.16. The minimum absolute atomic E-state index is 0.278. The van der Waals surface area contributed by atoms with Crippen LogP contribution in [0.15, 0.2) is 12.7 Å². The van der Waals surface area contributed by atoms with Crippen molar-refractivity contribution in [3.05, 3.63) is 12.7 Å². The fourth-order valence-corrected chi connectivity index (χ4v) is 0.989. The summed E-state index contributed by atoms with van der Waals surface area (Å²) in [6.07, 6.45) is 2.76. The lowest BCUT2D eigenvalue weighted by Gasteiger charge is -2.17. The fraction of sp³-hybridized carbons (Fsp3) is 0.714. The van der Waals surface area contributed by atoms with Crippen molar-refractivity contribution in [3.8, 4) is 0 Å². The summed E-state index contributed by atoms with van der Waals surface area (Å²) < 4.78 is 5.14. The van der Waals surface area contributed by atoms with E-state index in [1.165, 1.54) is 0 Å². The molecule has 0 aromatic rings. The van der Waals surface area contributed by atoms with Gasteiger partial charge in [0.25, 0.3) is 0 Å². The number of hydrogen-bond acceptors (Lipinski definition) is 2. The van der Waals surface area contributed by atoms with Gasteiger partial charge < -0.3 is 9.84 Å². The lowest BCUT2D eigenvalue weighted by Crippen LogP contribution is -2.21. The number of rotatable bonds is 1. The highest BCUT2D eigenvalue weighted by atomic mass is 16.6. The van der Waals surface area contributed by atoms with E-state index >= 15 is 0 Å². The van der Waals surface area contributed by atoms with Gasteiger partial charge in [0, 0.05) is 6.42 Å². The molecule has 0 saturated carbocycles. The van der Waals surface area contributed by atoms with Crippen molar-refractivity contribution in [2.24, 2.45) is 0 Å². The van der Waals surface area contributed by atoms with Crippen molar-refractivity contribution in [3.63, 3.8) is 0 Å². The number of hydrogen-bond donors (Lipinski definition) is 1. The minimum atomic E-state index is -0.576. The van der Waals surface area contributed by atoms with Crippen molar-refractivity contribution in [2.45, 2.75) is 31.7 Å². The average Bonchev–Trinajstić information content (AvgIpc) is 2.13. The summed E-state index contributed by atoms with van der Waals surface area (Å²) in [6, 6.07) is 0. The Morgan fingerprint density at radius 1 is 1.89 bits per heavy atom. The molecule has 1 aliphatic rings. The van der Waals surface area contributed by atoms with E-state index in [1.54, 1.807) is 6.08 Å². The van der Waals surface area contributed by atoms with Crippen LogP contribution in [-0.4, -0.2) is 17.0 Å². The molecule has 0 aromatic carbocycles. The zero-order chi connectivity index (χ0) is 6.91. The zero-order valence-electron chi connectivity index (χ0n) is 5.63. The van der Waals surface area contributed by atoms with E-state index in [0.717, 1.165) is 12.8 Å². The molecule has 2 heteroatoms. The highest BCUT2D eigenvalue weighted by Crippen LogP contribution is 2.29. The van der Waals surface area contributed by atoms with E-state index in [9.17, 15) is 0 Å². The molecular formula is C7H12O2. The monoisotopic (exact) mass is 128 g/mol. The first-order valence-corrected chi connectivity index (χ1v) is 3.16. The van der Waals surface area contributed by atoms with Crippen LogP contribution in [0.1, 0.15) is 19.8 Å². The third-order valence-electron chi connectivity index (χ3n) is 1.72. The molecule has 1 aliphatic heterocycles. The molecule has 0 amide bonds. The van der Waals surface area contributed by atoms with Gasteiger partial charge in [-0.2, -0.15) is 0 Å². The van der Waals surface area contributed by atoms with E-state index in [0.29, 0.717) is 0 Å². The van der Waals surface area contributed by atoms with Gasteiger partial charge in [-0.3, -0.25) is 0 Å². The number of aliphatic hydroxyl groups is 1. The van der Waals surface area contributed by atoms with E-state index in [1.807, 2.05) is 6.92 Å². The van der Waals surface area contributed by atoms with E-state index in [-0.39, 0.29) is 5.60 Å². The van der Waals surface area contributed by atoms with Crippen LogP contribution >= 0.6 is 0 Å². The largest absolute Gasteiger partial charge is 0.368 e. The molecule has 0 aliphatic carbocycles. The SMILES string of the molecule is C=C[C@]1(C)CCC(O)O1. The van der Waals surface area contributed by atoms with Crippen LogP contribution in [0.2, 0.25) is 0 Å². The summed E-state index contributed by atoms with van der Waals surface area (Å²) in [5, 5.41) is 8.93. The molecule has 1 unspecified atom stereocenters. The fourth-order valence-electron chi connectivity index (χ4n) is 0.989. The smallest absolute Gasteiger partial charge is 0.155 e. The molecule has 2 atom stereocenters. The molecule has 1 fully saturated rings. The normalized spacial score (nSPS) is 43.1. The Kier molecular flexibility index (Phi) is 1.60. The van der Waals surface area contributed by atoms with E-state index in [2.05, 4.69) is 6.58 Å². The zero-order valence-corrected chi connectivity index (χ0v) is 5.63. The molecule has 1 saturated heterocycles. The maximum Gasteiger partial charge on any atom is 0.155 e. The molecular weight excluding hydrogens is 116 g/mol. The van der Waals surface area contributed by atoms with Gasteiger partial charge in [0.2, 0.25) is 0 Å². The molecule has 2 nitrogen and oxygen atoms in total. The topological polar surface area (TPSA) is 29.5 Å². The van der Waals surface area contributed by atoms with Crippen LogP contribution in [0.4, 0.5) is 0 Å². The predicted octanol–water partition coefficient (Wildman–Crippen LogP) is 1.06. The van der Waals surface area contributed by atoms with E-state index in [4.69, 9.17) is 9.84 Å². The Morgan fingerprint density at radius 3 is 2.78 bits per heavy atom. The average molecular weight is 128 g/mol. The van der Waals surface area contributed by atoms with Crippen LogP contribution < -0.4 is 0 Å². The first-order chi connectivity index (χ1) is 4.16. The van der Waals surface area contributed by atoms with Gasteiger partial charge in [-0.05, 0) is 13.3 Å². The van der Waals surface area contributed by atoms with Gasteiger partial charge in [0.15, 0.2) is 6.29 Å². The Balaban J connectivity index is 2.54. The predicted molar refractivity (Wildman–Crippen MR) is 34.9 cm³/mol. The Hall–Kier alpha value is -0.340. The van der Waals surface area contributed by atoms with Gasteiger partial charge in [-0.25, -0.2) is 0 Å². The van der Waals surface area contributed by atoms with Gasteiger partial charge in [0.05, 0.1) is 5.60 Å². The molecule has 1 rings (SSSR count). The summed E-state index contributed by atoms with van der Waals surface area (Å²) in [7, 11) is 0. The lowest BCUT2D eigenvalue weighted by atomic mass is 10.0. The van der Waals surface area contributed by atoms with Crippen molar-refractivity contribution < 1.29 is 9.84 Å². The maximum absolute atomic E-state index is 8.93. The Bertz CT molecular complexity index is 122. The van der Waals surface area contributed by atoms with Gasteiger partial charge in [-0.15, -0.1) is 6.58 Å². The number of aliphatic hydroxyl groups excluding tert-OH is 1. The second kappa shape index (κ2) is 2.12. The summed E-state index contributed by atoms with van der Waals surface area (Å²) >= 11 is 0. The quantitative estimate of drug-likeness (QED) is 0.535. The van der Waals surface area contributed by atoms with E-state index < -0.39 is 6.29 Å². The summed E-state index contributed by atoms with van der Waals surface area (Å²) in [5.41, 5.74) is -0.278. The van der Waals surface area contributed by atoms with Crippen LogP contribution in [-0.2, 0) is 4.74 Å². The molecule has 0 aromatic heterocycles. The molecule has 52 valence electrons. The number of ether oxygens (including phenoxy) is 1.